The highest BCUT2D eigenvalue weighted by molar-refractivity contribution is 6.18. The van der Waals surface area contributed by atoms with Crippen LogP contribution < -0.4 is 11.0 Å². The van der Waals surface area contributed by atoms with Gasteiger partial charge in [-0.2, -0.15) is 5.10 Å². The smallest absolute Gasteiger partial charge is 0.349 e. The third-order valence-electron chi connectivity index (χ3n) is 4.13. The van der Waals surface area contributed by atoms with Crippen molar-refractivity contribution >= 4 is 23.1 Å². The summed E-state index contributed by atoms with van der Waals surface area (Å²) in [5.41, 5.74) is 0.333. The topological polar surface area (TPSA) is 75.1 Å². The second-order valence-electron chi connectivity index (χ2n) is 5.40. The van der Waals surface area contributed by atoms with Crippen molar-refractivity contribution in [3.05, 3.63) is 22.4 Å². The van der Waals surface area contributed by atoms with Crippen LogP contribution in [0.4, 0.5) is 5.82 Å². The summed E-state index contributed by atoms with van der Waals surface area (Å²) in [6.07, 6.45) is 3.69. The number of H-pyrrole nitrogens is 1. The zero-order valence-corrected chi connectivity index (χ0v) is 12.2. The molecule has 2 aromatic rings. The van der Waals surface area contributed by atoms with Gasteiger partial charge in [-0.15, -0.1) is 11.6 Å². The largest absolute Gasteiger partial charge is 0.370 e. The third kappa shape index (κ3) is 2.40. The van der Waals surface area contributed by atoms with E-state index in [2.05, 4.69) is 20.5 Å². The van der Waals surface area contributed by atoms with Gasteiger partial charge in [0.25, 0.3) is 0 Å². The van der Waals surface area contributed by atoms with E-state index in [-0.39, 0.29) is 5.69 Å². The number of hydrogen-bond acceptors (Lipinski definition) is 4. The van der Waals surface area contributed by atoms with E-state index in [9.17, 15) is 4.79 Å². The molecule has 2 heterocycles. The van der Waals surface area contributed by atoms with Crippen molar-refractivity contribution < 1.29 is 0 Å². The van der Waals surface area contributed by atoms with Crippen LogP contribution in [0.1, 0.15) is 25.1 Å². The first kappa shape index (κ1) is 13.4. The maximum Gasteiger partial charge on any atom is 0.349 e. The molecule has 1 aliphatic carbocycles. The summed E-state index contributed by atoms with van der Waals surface area (Å²) in [6.45, 7) is 2.67. The average Bonchev–Trinajstić information content (AvgIpc) is 3.03. The van der Waals surface area contributed by atoms with Crippen molar-refractivity contribution in [3.8, 4) is 0 Å². The van der Waals surface area contributed by atoms with Gasteiger partial charge in [0.2, 0.25) is 0 Å². The number of aromatic nitrogens is 4. The van der Waals surface area contributed by atoms with Crippen molar-refractivity contribution in [2.75, 3.05) is 17.7 Å². The molecular weight excluding hydrogens is 278 g/mol. The van der Waals surface area contributed by atoms with Gasteiger partial charge >= 0.3 is 5.69 Å². The third-order valence-corrected chi connectivity index (χ3v) is 4.53. The molecule has 0 amide bonds. The second-order valence-corrected chi connectivity index (χ2v) is 5.71. The fourth-order valence-electron chi connectivity index (χ4n) is 3.01. The van der Waals surface area contributed by atoms with Gasteiger partial charge in [-0.05, 0) is 31.6 Å². The Kier molecular flexibility index (Phi) is 3.65. The number of alkyl halides is 1. The second kappa shape index (κ2) is 5.44. The van der Waals surface area contributed by atoms with Gasteiger partial charge in [0, 0.05) is 18.5 Å². The summed E-state index contributed by atoms with van der Waals surface area (Å²) in [5.74, 6) is 3.32. The fraction of sp³-hybridized carbons (Fsp3) is 0.615. The molecule has 2 atom stereocenters. The summed E-state index contributed by atoms with van der Waals surface area (Å²) in [5, 5.41) is 9.76. The van der Waals surface area contributed by atoms with Crippen molar-refractivity contribution in [2.24, 2.45) is 11.8 Å². The summed E-state index contributed by atoms with van der Waals surface area (Å²) in [7, 11) is 0. The van der Waals surface area contributed by atoms with Gasteiger partial charge in [-0.3, -0.25) is 0 Å². The minimum absolute atomic E-state index is 0.255. The molecule has 1 saturated carbocycles. The van der Waals surface area contributed by atoms with Gasteiger partial charge in [0.15, 0.2) is 5.65 Å². The summed E-state index contributed by atoms with van der Waals surface area (Å²) >= 11 is 5.99. The lowest BCUT2D eigenvalue weighted by atomic mass is 9.98. The van der Waals surface area contributed by atoms with E-state index < -0.39 is 0 Å². The van der Waals surface area contributed by atoms with E-state index in [0.717, 1.165) is 18.2 Å². The maximum absolute atomic E-state index is 11.5. The van der Waals surface area contributed by atoms with Gasteiger partial charge in [-0.1, -0.05) is 6.42 Å². The van der Waals surface area contributed by atoms with Gasteiger partial charge in [0.1, 0.15) is 11.6 Å². The molecule has 2 unspecified atom stereocenters. The monoisotopic (exact) mass is 295 g/mol. The Morgan fingerprint density at radius 3 is 3.10 bits per heavy atom. The molecule has 6 nitrogen and oxygen atoms in total. The Balaban J connectivity index is 1.76. The molecule has 3 rings (SSSR count). The predicted octanol–water partition coefficient (Wildman–Crippen LogP) is 1.79. The van der Waals surface area contributed by atoms with Crippen LogP contribution >= 0.6 is 11.6 Å². The molecule has 2 aromatic heterocycles. The Morgan fingerprint density at radius 2 is 2.30 bits per heavy atom. The number of nitrogens with one attached hydrogen (secondary N) is 2. The summed E-state index contributed by atoms with van der Waals surface area (Å²) in [4.78, 5) is 15.9. The van der Waals surface area contributed by atoms with E-state index in [1.54, 1.807) is 13.0 Å². The van der Waals surface area contributed by atoms with E-state index in [1.807, 2.05) is 0 Å². The van der Waals surface area contributed by atoms with Crippen molar-refractivity contribution in [1.29, 1.82) is 0 Å². The van der Waals surface area contributed by atoms with E-state index in [0.29, 0.717) is 23.3 Å². The minimum atomic E-state index is -0.255. The zero-order chi connectivity index (χ0) is 14.1. The molecule has 20 heavy (non-hydrogen) atoms. The number of fused-ring (bicyclic) bond motifs is 1. The van der Waals surface area contributed by atoms with Gasteiger partial charge < -0.3 is 5.32 Å². The number of anilines is 1. The first-order chi connectivity index (χ1) is 9.69. The molecule has 1 fully saturated rings. The van der Waals surface area contributed by atoms with Crippen molar-refractivity contribution in [2.45, 2.75) is 26.2 Å². The summed E-state index contributed by atoms with van der Waals surface area (Å²) < 4.78 is 1.46. The molecular formula is C13H18ClN5O. The standard InChI is InChI=1S/C13H18ClN5O/c1-8-16-11(5-12-17-18-13(20)19(8)12)15-7-10-4-2-3-9(10)6-14/h5,9-10,15H,2-4,6-7H2,1H3,(H,18,20). The maximum atomic E-state index is 11.5. The quantitative estimate of drug-likeness (QED) is 0.843. The Bertz CT molecular complexity index is 664. The van der Waals surface area contributed by atoms with Crippen LogP contribution in [0.15, 0.2) is 10.9 Å². The lowest BCUT2D eigenvalue weighted by Gasteiger charge is -2.18. The van der Waals surface area contributed by atoms with Crippen molar-refractivity contribution in [1.82, 2.24) is 19.6 Å². The number of aromatic amines is 1. The fourth-order valence-corrected chi connectivity index (χ4v) is 3.42. The van der Waals surface area contributed by atoms with Crippen LogP contribution in [0.5, 0.6) is 0 Å². The van der Waals surface area contributed by atoms with Crippen LogP contribution in [-0.2, 0) is 0 Å². The highest BCUT2D eigenvalue weighted by Gasteiger charge is 2.26. The predicted molar refractivity (Wildman–Crippen MR) is 78.4 cm³/mol. The van der Waals surface area contributed by atoms with Crippen LogP contribution in [0, 0.1) is 18.8 Å². The molecule has 0 saturated heterocycles. The van der Waals surface area contributed by atoms with E-state index in [1.165, 1.54) is 23.7 Å². The Morgan fingerprint density at radius 1 is 1.50 bits per heavy atom. The highest BCUT2D eigenvalue weighted by atomic mass is 35.5. The average molecular weight is 296 g/mol. The van der Waals surface area contributed by atoms with Crippen LogP contribution in [0.2, 0.25) is 0 Å². The molecule has 0 spiro atoms. The number of hydrogen-bond donors (Lipinski definition) is 2. The Hall–Kier alpha value is -1.56. The number of nitrogens with zero attached hydrogens (tertiary/aromatic N) is 3. The molecule has 2 N–H and O–H groups in total. The molecule has 108 valence electrons. The minimum Gasteiger partial charge on any atom is -0.370 e. The normalized spacial score (nSPS) is 22.5. The van der Waals surface area contributed by atoms with Crippen LogP contribution in [0.25, 0.3) is 5.65 Å². The van der Waals surface area contributed by atoms with E-state index >= 15 is 0 Å². The van der Waals surface area contributed by atoms with E-state index in [4.69, 9.17) is 11.6 Å². The molecule has 0 aliphatic heterocycles. The highest BCUT2D eigenvalue weighted by Crippen LogP contribution is 2.32. The Labute approximate surface area is 121 Å². The number of halogens is 1. The molecule has 7 heteroatoms. The first-order valence-corrected chi connectivity index (χ1v) is 7.47. The lowest BCUT2D eigenvalue weighted by molar-refractivity contribution is 0.444. The lowest BCUT2D eigenvalue weighted by Crippen LogP contribution is -2.20. The van der Waals surface area contributed by atoms with Crippen molar-refractivity contribution in [3.63, 3.8) is 0 Å². The number of rotatable bonds is 4. The molecule has 1 aliphatic rings. The molecule has 0 bridgehead atoms. The SMILES string of the molecule is Cc1nc(NCC2CCCC2CCl)cc2n[nH]c(=O)n12. The zero-order valence-electron chi connectivity index (χ0n) is 11.4. The molecule has 0 radical (unpaired) electrons. The number of aryl methyl sites for hydroxylation is 1. The molecule has 0 aromatic carbocycles. The van der Waals surface area contributed by atoms with Crippen LogP contribution in [-0.4, -0.2) is 32.0 Å². The van der Waals surface area contributed by atoms with Gasteiger partial charge in [0.05, 0.1) is 0 Å². The first-order valence-electron chi connectivity index (χ1n) is 6.93. The van der Waals surface area contributed by atoms with Gasteiger partial charge in [-0.25, -0.2) is 19.3 Å². The summed E-state index contributed by atoms with van der Waals surface area (Å²) in [6, 6.07) is 1.79. The van der Waals surface area contributed by atoms with Crippen LogP contribution in [0.3, 0.4) is 0 Å².